The number of hydrogen-bond acceptors (Lipinski definition) is 3. The summed E-state index contributed by atoms with van der Waals surface area (Å²) in [7, 11) is 0. The van der Waals surface area contributed by atoms with Crippen molar-refractivity contribution in [3.8, 4) is 0 Å². The molecule has 2 heterocycles. The number of rotatable bonds is 3. The number of carboxylic acid groups (broad SMARTS) is 1. The van der Waals surface area contributed by atoms with Crippen molar-refractivity contribution in [2.24, 2.45) is 0 Å². The van der Waals surface area contributed by atoms with E-state index >= 15 is 0 Å². The molecule has 0 saturated carbocycles. The maximum atomic E-state index is 11.0. The summed E-state index contributed by atoms with van der Waals surface area (Å²) in [5, 5.41) is 9.01. The van der Waals surface area contributed by atoms with Gasteiger partial charge >= 0.3 is 5.97 Å². The highest BCUT2D eigenvalue weighted by Gasteiger charge is 2.24. The van der Waals surface area contributed by atoms with Gasteiger partial charge in [0.2, 0.25) is 0 Å². The Morgan fingerprint density at radius 2 is 2.16 bits per heavy atom. The van der Waals surface area contributed by atoms with Crippen LogP contribution in [0.3, 0.4) is 0 Å². The normalized spacial score (nSPS) is 23.3. The standard InChI is InChI=1S/C15H19NO3/c17-15(18)11-4-5-12-8-16(9-13(12)7-11)10-14-3-1-2-6-19-14/h4-5,7,14H,1-3,6,8-10H2,(H,17,18). The van der Waals surface area contributed by atoms with E-state index in [1.165, 1.54) is 18.4 Å². The molecule has 0 aromatic heterocycles. The van der Waals surface area contributed by atoms with Crippen molar-refractivity contribution in [1.29, 1.82) is 0 Å². The van der Waals surface area contributed by atoms with Gasteiger partial charge in [0.1, 0.15) is 0 Å². The molecule has 19 heavy (non-hydrogen) atoms. The molecule has 102 valence electrons. The van der Waals surface area contributed by atoms with Crippen molar-refractivity contribution in [2.75, 3.05) is 13.2 Å². The predicted molar refractivity (Wildman–Crippen MR) is 71.1 cm³/mol. The number of fused-ring (bicyclic) bond motifs is 1. The maximum absolute atomic E-state index is 11.0. The average Bonchev–Trinajstić information content (AvgIpc) is 2.80. The maximum Gasteiger partial charge on any atom is 0.335 e. The molecule has 1 aromatic rings. The fourth-order valence-electron chi connectivity index (χ4n) is 2.97. The highest BCUT2D eigenvalue weighted by molar-refractivity contribution is 5.87. The van der Waals surface area contributed by atoms with Crippen LogP contribution in [-0.2, 0) is 17.8 Å². The van der Waals surface area contributed by atoms with Crippen LogP contribution in [0.15, 0.2) is 18.2 Å². The first-order chi connectivity index (χ1) is 9.22. The quantitative estimate of drug-likeness (QED) is 0.906. The van der Waals surface area contributed by atoms with E-state index in [1.807, 2.05) is 6.07 Å². The third-order valence-corrected chi connectivity index (χ3v) is 3.98. The van der Waals surface area contributed by atoms with Crippen LogP contribution in [0.5, 0.6) is 0 Å². The summed E-state index contributed by atoms with van der Waals surface area (Å²) in [5.41, 5.74) is 2.78. The van der Waals surface area contributed by atoms with Gasteiger partial charge in [0.15, 0.2) is 0 Å². The molecule has 1 aromatic carbocycles. The van der Waals surface area contributed by atoms with Crippen molar-refractivity contribution < 1.29 is 14.6 Å². The topological polar surface area (TPSA) is 49.8 Å². The number of carbonyl (C=O) groups is 1. The first-order valence-corrected chi connectivity index (χ1v) is 6.91. The van der Waals surface area contributed by atoms with Gasteiger partial charge in [-0.25, -0.2) is 4.79 Å². The Morgan fingerprint density at radius 3 is 2.89 bits per heavy atom. The zero-order chi connectivity index (χ0) is 13.2. The molecule has 0 bridgehead atoms. The van der Waals surface area contributed by atoms with Gasteiger partial charge in [0.25, 0.3) is 0 Å². The van der Waals surface area contributed by atoms with E-state index in [1.54, 1.807) is 12.1 Å². The summed E-state index contributed by atoms with van der Waals surface area (Å²) < 4.78 is 5.76. The molecular formula is C15H19NO3. The highest BCUT2D eigenvalue weighted by Crippen LogP contribution is 2.25. The van der Waals surface area contributed by atoms with Crippen LogP contribution in [0, 0.1) is 0 Å². The fraction of sp³-hybridized carbons (Fsp3) is 0.533. The smallest absolute Gasteiger partial charge is 0.335 e. The Labute approximate surface area is 113 Å². The number of hydrogen-bond donors (Lipinski definition) is 1. The lowest BCUT2D eigenvalue weighted by Gasteiger charge is -2.26. The second-order valence-corrected chi connectivity index (χ2v) is 5.45. The van der Waals surface area contributed by atoms with Crippen LogP contribution < -0.4 is 0 Å². The Bertz CT molecular complexity index is 480. The lowest BCUT2D eigenvalue weighted by atomic mass is 10.1. The number of benzene rings is 1. The molecule has 1 fully saturated rings. The van der Waals surface area contributed by atoms with E-state index in [9.17, 15) is 4.79 Å². The first kappa shape index (κ1) is 12.6. The van der Waals surface area contributed by atoms with Crippen molar-refractivity contribution >= 4 is 5.97 Å². The van der Waals surface area contributed by atoms with E-state index in [4.69, 9.17) is 9.84 Å². The zero-order valence-electron chi connectivity index (χ0n) is 11.0. The van der Waals surface area contributed by atoms with Gasteiger partial charge in [-0.05, 0) is 42.5 Å². The monoisotopic (exact) mass is 261 g/mol. The molecule has 3 rings (SSSR count). The third-order valence-electron chi connectivity index (χ3n) is 3.98. The van der Waals surface area contributed by atoms with Gasteiger partial charge in [-0.1, -0.05) is 6.07 Å². The molecular weight excluding hydrogens is 242 g/mol. The van der Waals surface area contributed by atoms with Crippen molar-refractivity contribution in [3.63, 3.8) is 0 Å². The van der Waals surface area contributed by atoms with Crippen molar-refractivity contribution in [3.05, 3.63) is 34.9 Å². The number of carboxylic acids is 1. The first-order valence-electron chi connectivity index (χ1n) is 6.91. The average molecular weight is 261 g/mol. The summed E-state index contributed by atoms with van der Waals surface area (Å²) in [5.74, 6) is -0.850. The van der Waals surface area contributed by atoms with Gasteiger partial charge in [-0.3, -0.25) is 4.90 Å². The second kappa shape index (κ2) is 5.31. The fourth-order valence-corrected chi connectivity index (χ4v) is 2.97. The van der Waals surface area contributed by atoms with Crippen LogP contribution in [0.1, 0.15) is 40.7 Å². The number of ether oxygens (including phenoxy) is 1. The van der Waals surface area contributed by atoms with Crippen molar-refractivity contribution in [1.82, 2.24) is 4.90 Å². The molecule has 0 amide bonds. The van der Waals surface area contributed by atoms with Crippen molar-refractivity contribution in [2.45, 2.75) is 38.5 Å². The highest BCUT2D eigenvalue weighted by atomic mass is 16.5. The lowest BCUT2D eigenvalue weighted by Crippen LogP contribution is -2.32. The molecule has 2 aliphatic rings. The molecule has 4 heteroatoms. The summed E-state index contributed by atoms with van der Waals surface area (Å²) in [4.78, 5) is 13.3. The lowest BCUT2D eigenvalue weighted by molar-refractivity contribution is -0.00648. The Kier molecular flexibility index (Phi) is 3.53. The second-order valence-electron chi connectivity index (χ2n) is 5.45. The molecule has 1 atom stereocenters. The molecule has 0 spiro atoms. The van der Waals surface area contributed by atoms with Crippen LogP contribution >= 0.6 is 0 Å². The van der Waals surface area contributed by atoms with Gasteiger partial charge in [-0.15, -0.1) is 0 Å². The van der Waals surface area contributed by atoms with E-state index in [2.05, 4.69) is 4.90 Å². The minimum Gasteiger partial charge on any atom is -0.478 e. The van der Waals surface area contributed by atoms with Crippen LogP contribution in [0.25, 0.3) is 0 Å². The Hall–Kier alpha value is -1.39. The van der Waals surface area contributed by atoms with Gasteiger partial charge in [0.05, 0.1) is 11.7 Å². The molecule has 1 unspecified atom stereocenters. The Morgan fingerprint density at radius 1 is 1.32 bits per heavy atom. The largest absolute Gasteiger partial charge is 0.478 e. The molecule has 0 radical (unpaired) electrons. The summed E-state index contributed by atoms with van der Waals surface area (Å²) in [6.07, 6.45) is 3.93. The van der Waals surface area contributed by atoms with E-state index in [-0.39, 0.29) is 0 Å². The van der Waals surface area contributed by atoms with Crippen LogP contribution in [-0.4, -0.2) is 35.2 Å². The molecule has 1 N–H and O–H groups in total. The molecule has 2 aliphatic heterocycles. The van der Waals surface area contributed by atoms with Gasteiger partial charge in [0, 0.05) is 26.2 Å². The summed E-state index contributed by atoms with van der Waals surface area (Å²) in [6, 6.07) is 5.45. The summed E-state index contributed by atoms with van der Waals surface area (Å²) in [6.45, 7) is 3.59. The number of aromatic carboxylic acids is 1. The third kappa shape index (κ3) is 2.80. The van der Waals surface area contributed by atoms with Crippen LogP contribution in [0.4, 0.5) is 0 Å². The van der Waals surface area contributed by atoms with Gasteiger partial charge < -0.3 is 9.84 Å². The van der Waals surface area contributed by atoms with E-state index < -0.39 is 5.97 Å². The van der Waals surface area contributed by atoms with E-state index in [0.717, 1.165) is 38.2 Å². The van der Waals surface area contributed by atoms with Crippen LogP contribution in [0.2, 0.25) is 0 Å². The molecule has 4 nitrogen and oxygen atoms in total. The Balaban J connectivity index is 1.64. The zero-order valence-corrected chi connectivity index (χ0v) is 11.0. The SMILES string of the molecule is O=C(O)c1ccc2c(c1)CN(CC1CCCCO1)C2. The summed E-state index contributed by atoms with van der Waals surface area (Å²) >= 11 is 0. The van der Waals surface area contributed by atoms with E-state index in [0.29, 0.717) is 11.7 Å². The molecule has 1 saturated heterocycles. The number of nitrogens with zero attached hydrogens (tertiary/aromatic N) is 1. The minimum absolute atomic E-state index is 0.349. The molecule has 0 aliphatic carbocycles. The minimum atomic E-state index is -0.850. The predicted octanol–water partition coefficient (Wildman–Crippen LogP) is 2.27. The van der Waals surface area contributed by atoms with Gasteiger partial charge in [-0.2, -0.15) is 0 Å².